The van der Waals surface area contributed by atoms with Crippen molar-refractivity contribution in [3.8, 4) is 0 Å². The minimum atomic E-state index is -0.894. The molecule has 130 valence electrons. The van der Waals surface area contributed by atoms with Gasteiger partial charge in [-0.15, -0.1) is 0 Å². The topological polar surface area (TPSA) is 98.5 Å². The maximum absolute atomic E-state index is 13.4. The summed E-state index contributed by atoms with van der Waals surface area (Å²) in [5.41, 5.74) is -0.170. The minimum Gasteiger partial charge on any atom is -0.452 e. The molecule has 2 aromatic carbocycles. The number of nitrogens with zero attached hydrogens (tertiary/aromatic N) is 1. The van der Waals surface area contributed by atoms with E-state index in [-0.39, 0.29) is 22.0 Å². The molecule has 2 rings (SSSR count). The molecule has 0 spiro atoms. The molecule has 0 aliphatic carbocycles. The molecule has 0 aliphatic heterocycles. The van der Waals surface area contributed by atoms with E-state index in [1.807, 2.05) is 0 Å². The van der Waals surface area contributed by atoms with Gasteiger partial charge in [-0.1, -0.05) is 17.7 Å². The predicted octanol–water partition coefficient (Wildman–Crippen LogP) is 3.49. The summed E-state index contributed by atoms with van der Waals surface area (Å²) in [6.45, 7) is 0.841. The molecule has 0 atom stereocenters. The summed E-state index contributed by atoms with van der Waals surface area (Å²) >= 11 is 5.75. The van der Waals surface area contributed by atoms with Crippen LogP contribution >= 0.6 is 11.6 Å². The van der Waals surface area contributed by atoms with E-state index >= 15 is 0 Å². The number of halogens is 2. The second-order valence-corrected chi connectivity index (χ2v) is 5.44. The van der Waals surface area contributed by atoms with Crippen LogP contribution in [0.15, 0.2) is 36.4 Å². The quantitative estimate of drug-likeness (QED) is 0.496. The maximum Gasteiger partial charge on any atom is 0.338 e. The van der Waals surface area contributed by atoms with Crippen molar-refractivity contribution >= 4 is 34.9 Å². The number of hydrogen-bond acceptors (Lipinski definition) is 5. The van der Waals surface area contributed by atoms with Gasteiger partial charge in [-0.2, -0.15) is 0 Å². The Bertz CT molecular complexity index is 856. The maximum atomic E-state index is 13.4. The van der Waals surface area contributed by atoms with Gasteiger partial charge in [0.05, 0.1) is 10.5 Å². The number of benzene rings is 2. The third-order valence-electron chi connectivity index (χ3n) is 3.17. The zero-order valence-electron chi connectivity index (χ0n) is 12.9. The number of anilines is 1. The fourth-order valence-corrected chi connectivity index (χ4v) is 2.06. The van der Waals surface area contributed by atoms with E-state index in [2.05, 4.69) is 5.32 Å². The van der Waals surface area contributed by atoms with Gasteiger partial charge in [0.2, 0.25) is 0 Å². The highest BCUT2D eigenvalue weighted by molar-refractivity contribution is 6.31. The zero-order valence-corrected chi connectivity index (χ0v) is 13.7. The number of carbonyl (C=O) groups is 2. The summed E-state index contributed by atoms with van der Waals surface area (Å²) in [6, 6.07) is 7.41. The molecule has 9 heteroatoms. The first kappa shape index (κ1) is 18.3. The summed E-state index contributed by atoms with van der Waals surface area (Å²) in [5, 5.41) is 13.3. The van der Waals surface area contributed by atoms with Gasteiger partial charge in [-0.25, -0.2) is 9.18 Å². The Morgan fingerprint density at radius 1 is 1.28 bits per heavy atom. The molecule has 0 radical (unpaired) electrons. The van der Waals surface area contributed by atoms with Crippen molar-refractivity contribution in [2.75, 3.05) is 11.9 Å². The van der Waals surface area contributed by atoms with Crippen molar-refractivity contribution in [3.05, 3.63) is 68.5 Å². The highest BCUT2D eigenvalue weighted by Crippen LogP contribution is 2.27. The molecule has 0 bridgehead atoms. The van der Waals surface area contributed by atoms with Crippen LogP contribution < -0.4 is 5.32 Å². The molecule has 0 heterocycles. The SMILES string of the molecule is Cc1ccc(C(=O)OCC(=O)Nc2cc(Cl)ccc2[N+](=O)[O-])cc1F. The molecule has 0 aromatic heterocycles. The molecular formula is C16H12ClFN2O5. The summed E-state index contributed by atoms with van der Waals surface area (Å²) in [6.07, 6.45) is 0. The van der Waals surface area contributed by atoms with E-state index in [1.165, 1.54) is 31.2 Å². The Kier molecular flexibility index (Phi) is 5.66. The molecule has 1 amide bonds. The fraction of sp³-hybridized carbons (Fsp3) is 0.125. The lowest BCUT2D eigenvalue weighted by Gasteiger charge is -2.08. The van der Waals surface area contributed by atoms with Crippen molar-refractivity contribution in [1.29, 1.82) is 0 Å². The number of nitrogens with one attached hydrogen (secondary N) is 1. The van der Waals surface area contributed by atoms with Gasteiger partial charge in [0.25, 0.3) is 11.6 Å². The molecule has 0 fully saturated rings. The van der Waals surface area contributed by atoms with Crippen LogP contribution in [0.25, 0.3) is 0 Å². The smallest absolute Gasteiger partial charge is 0.338 e. The Morgan fingerprint density at radius 2 is 2.00 bits per heavy atom. The van der Waals surface area contributed by atoms with E-state index in [0.717, 1.165) is 12.1 Å². The number of ether oxygens (including phenoxy) is 1. The molecule has 25 heavy (non-hydrogen) atoms. The number of nitro groups is 1. The van der Waals surface area contributed by atoms with Crippen LogP contribution in [0.5, 0.6) is 0 Å². The Hall–Kier alpha value is -3.00. The number of aryl methyl sites for hydroxylation is 1. The summed E-state index contributed by atoms with van der Waals surface area (Å²) in [7, 11) is 0. The molecule has 0 saturated heterocycles. The Balaban J connectivity index is 2.01. The van der Waals surface area contributed by atoms with Gasteiger partial charge in [0.1, 0.15) is 11.5 Å². The number of rotatable bonds is 5. The van der Waals surface area contributed by atoms with E-state index in [4.69, 9.17) is 16.3 Å². The highest BCUT2D eigenvalue weighted by atomic mass is 35.5. The lowest BCUT2D eigenvalue weighted by atomic mass is 10.1. The number of hydrogen-bond donors (Lipinski definition) is 1. The van der Waals surface area contributed by atoms with Gasteiger partial charge in [-0.05, 0) is 36.8 Å². The number of amides is 1. The van der Waals surface area contributed by atoms with Gasteiger partial charge in [-0.3, -0.25) is 14.9 Å². The molecule has 1 N–H and O–H groups in total. The Morgan fingerprint density at radius 3 is 2.64 bits per heavy atom. The summed E-state index contributed by atoms with van der Waals surface area (Å²) in [5.74, 6) is -2.27. The highest BCUT2D eigenvalue weighted by Gasteiger charge is 2.17. The summed E-state index contributed by atoms with van der Waals surface area (Å²) in [4.78, 5) is 33.9. The van der Waals surface area contributed by atoms with Gasteiger partial charge >= 0.3 is 5.97 Å². The monoisotopic (exact) mass is 366 g/mol. The third-order valence-corrected chi connectivity index (χ3v) is 3.41. The van der Waals surface area contributed by atoms with Gasteiger partial charge < -0.3 is 10.1 Å². The summed E-state index contributed by atoms with van der Waals surface area (Å²) < 4.78 is 18.2. The van der Waals surface area contributed by atoms with Crippen molar-refractivity contribution in [2.45, 2.75) is 6.92 Å². The van der Waals surface area contributed by atoms with Gasteiger partial charge in [0, 0.05) is 11.1 Å². The van der Waals surface area contributed by atoms with E-state index in [1.54, 1.807) is 0 Å². The second-order valence-electron chi connectivity index (χ2n) is 5.01. The molecule has 0 saturated carbocycles. The number of nitro benzene ring substituents is 1. The van der Waals surface area contributed by atoms with E-state index < -0.39 is 29.2 Å². The van der Waals surface area contributed by atoms with E-state index in [9.17, 15) is 24.1 Å². The predicted molar refractivity (Wildman–Crippen MR) is 88.2 cm³/mol. The lowest BCUT2D eigenvalue weighted by molar-refractivity contribution is -0.383. The Labute approximate surface area is 146 Å². The number of carbonyl (C=O) groups excluding carboxylic acids is 2. The third kappa shape index (κ3) is 4.74. The molecule has 0 unspecified atom stereocenters. The zero-order chi connectivity index (χ0) is 18.6. The van der Waals surface area contributed by atoms with Crippen molar-refractivity contribution in [3.63, 3.8) is 0 Å². The number of esters is 1. The largest absolute Gasteiger partial charge is 0.452 e. The second kappa shape index (κ2) is 7.71. The first-order chi connectivity index (χ1) is 11.8. The van der Waals surface area contributed by atoms with E-state index in [0.29, 0.717) is 5.56 Å². The van der Waals surface area contributed by atoms with Crippen LogP contribution in [-0.2, 0) is 9.53 Å². The normalized spacial score (nSPS) is 10.2. The van der Waals surface area contributed by atoms with Crippen LogP contribution in [-0.4, -0.2) is 23.4 Å². The lowest BCUT2D eigenvalue weighted by Crippen LogP contribution is -2.21. The average Bonchev–Trinajstić information content (AvgIpc) is 2.55. The first-order valence-corrected chi connectivity index (χ1v) is 7.33. The minimum absolute atomic E-state index is 0.0513. The molecule has 7 nitrogen and oxygen atoms in total. The van der Waals surface area contributed by atoms with Crippen LogP contribution in [0.3, 0.4) is 0 Å². The van der Waals surface area contributed by atoms with Crippen molar-refractivity contribution in [2.24, 2.45) is 0 Å². The molecular weight excluding hydrogens is 355 g/mol. The van der Waals surface area contributed by atoms with Crippen LogP contribution in [0.1, 0.15) is 15.9 Å². The van der Waals surface area contributed by atoms with Crippen molar-refractivity contribution in [1.82, 2.24) is 0 Å². The van der Waals surface area contributed by atoms with Crippen molar-refractivity contribution < 1.29 is 23.6 Å². The van der Waals surface area contributed by atoms with Crippen LogP contribution in [0.2, 0.25) is 5.02 Å². The van der Waals surface area contributed by atoms with Crippen LogP contribution in [0.4, 0.5) is 15.8 Å². The average molecular weight is 367 g/mol. The van der Waals surface area contributed by atoms with Gasteiger partial charge in [0.15, 0.2) is 6.61 Å². The first-order valence-electron chi connectivity index (χ1n) is 6.95. The van der Waals surface area contributed by atoms with Crippen LogP contribution in [0, 0.1) is 22.9 Å². The molecule has 2 aromatic rings. The standard InChI is InChI=1S/C16H12ClFN2O5/c1-9-2-3-10(6-12(9)18)16(22)25-8-15(21)19-13-7-11(17)4-5-14(13)20(23)24/h2-7H,8H2,1H3,(H,19,21). The molecule has 0 aliphatic rings. The fourth-order valence-electron chi connectivity index (χ4n) is 1.89.